The normalized spacial score (nSPS) is 12.6. The molecule has 1 unspecified atom stereocenters. The van der Waals surface area contributed by atoms with Gasteiger partial charge in [-0.1, -0.05) is 49.4 Å². The second-order valence-electron chi connectivity index (χ2n) is 4.35. The van der Waals surface area contributed by atoms with Crippen LogP contribution in [0.1, 0.15) is 19.4 Å². The summed E-state index contributed by atoms with van der Waals surface area (Å²) in [5, 5.41) is 2.51. The minimum absolute atomic E-state index is 0.103. The highest BCUT2D eigenvalue weighted by Gasteiger charge is 2.10. The van der Waals surface area contributed by atoms with E-state index in [1.807, 2.05) is 19.1 Å². The Balaban J connectivity index is 2.41. The van der Waals surface area contributed by atoms with E-state index in [2.05, 4.69) is 30.3 Å². The highest BCUT2D eigenvalue weighted by atomic mass is 16.1. The predicted molar refractivity (Wildman–Crippen MR) is 67.5 cm³/mol. The van der Waals surface area contributed by atoms with E-state index in [-0.39, 0.29) is 11.7 Å². The molecule has 2 rings (SSSR count). The zero-order valence-electron chi connectivity index (χ0n) is 9.73. The summed E-state index contributed by atoms with van der Waals surface area (Å²) in [6.45, 7) is 3.65. The number of rotatable bonds is 3. The maximum atomic E-state index is 11.3. The second kappa shape index (κ2) is 4.48. The van der Waals surface area contributed by atoms with Gasteiger partial charge in [-0.3, -0.25) is 4.79 Å². The van der Waals surface area contributed by atoms with E-state index in [0.717, 1.165) is 6.42 Å². The molecule has 2 aromatic carbocycles. The van der Waals surface area contributed by atoms with E-state index in [0.29, 0.717) is 0 Å². The van der Waals surface area contributed by atoms with Gasteiger partial charge in [-0.25, -0.2) is 0 Å². The molecule has 0 saturated heterocycles. The minimum Gasteiger partial charge on any atom is -0.300 e. The first-order valence-electron chi connectivity index (χ1n) is 5.65. The summed E-state index contributed by atoms with van der Waals surface area (Å²) < 4.78 is 0. The topological polar surface area (TPSA) is 17.1 Å². The summed E-state index contributed by atoms with van der Waals surface area (Å²) in [5.41, 5.74) is 1.26. The van der Waals surface area contributed by atoms with Gasteiger partial charge >= 0.3 is 0 Å². The van der Waals surface area contributed by atoms with Crippen molar-refractivity contribution in [1.29, 1.82) is 0 Å². The van der Waals surface area contributed by atoms with Crippen molar-refractivity contribution in [3.05, 3.63) is 48.0 Å². The summed E-state index contributed by atoms with van der Waals surface area (Å²) in [5.74, 6) is 0.360. The van der Waals surface area contributed by atoms with Gasteiger partial charge < -0.3 is 0 Å². The monoisotopic (exact) mass is 212 g/mol. The van der Waals surface area contributed by atoms with Crippen LogP contribution in [0.4, 0.5) is 0 Å². The molecule has 0 aromatic heterocycles. The Morgan fingerprint density at radius 2 is 1.81 bits per heavy atom. The molecule has 0 spiro atoms. The van der Waals surface area contributed by atoms with E-state index in [1.165, 1.54) is 16.3 Å². The molecule has 0 aliphatic carbocycles. The molecule has 0 aliphatic heterocycles. The van der Waals surface area contributed by atoms with Crippen LogP contribution in [0.3, 0.4) is 0 Å². The molecule has 1 heteroatoms. The highest BCUT2D eigenvalue weighted by Crippen LogP contribution is 2.21. The number of hydrogen-bond acceptors (Lipinski definition) is 1. The summed E-state index contributed by atoms with van der Waals surface area (Å²) in [6.07, 6.45) is 0.830. The van der Waals surface area contributed by atoms with Crippen LogP contribution in [-0.2, 0) is 11.2 Å². The first-order chi connectivity index (χ1) is 7.68. The lowest BCUT2D eigenvalue weighted by Crippen LogP contribution is -2.09. The van der Waals surface area contributed by atoms with Crippen molar-refractivity contribution in [3.63, 3.8) is 0 Å². The van der Waals surface area contributed by atoms with Crippen LogP contribution >= 0.6 is 0 Å². The van der Waals surface area contributed by atoms with E-state index in [1.54, 1.807) is 6.92 Å². The van der Waals surface area contributed by atoms with Crippen molar-refractivity contribution in [2.45, 2.75) is 20.3 Å². The number of benzene rings is 2. The Hall–Kier alpha value is -1.63. The minimum atomic E-state index is 0.103. The van der Waals surface area contributed by atoms with Crippen molar-refractivity contribution < 1.29 is 4.79 Å². The molecule has 0 bridgehead atoms. The molecule has 1 atom stereocenters. The van der Waals surface area contributed by atoms with E-state index < -0.39 is 0 Å². The maximum absolute atomic E-state index is 11.3. The van der Waals surface area contributed by atoms with Gasteiger partial charge in [0.15, 0.2) is 0 Å². The molecular weight excluding hydrogens is 196 g/mol. The fourth-order valence-electron chi connectivity index (χ4n) is 1.94. The Morgan fingerprint density at radius 1 is 1.12 bits per heavy atom. The standard InChI is InChI=1S/C15H16O/c1-11(12(2)16)10-14-8-5-7-13-6-3-4-9-15(13)14/h3-9,11H,10H2,1-2H3. The van der Waals surface area contributed by atoms with Crippen LogP contribution < -0.4 is 0 Å². The molecule has 0 N–H and O–H groups in total. The van der Waals surface area contributed by atoms with Gasteiger partial charge in [0.25, 0.3) is 0 Å². The SMILES string of the molecule is CC(=O)C(C)Cc1cccc2ccccc12. The fourth-order valence-corrected chi connectivity index (χ4v) is 1.94. The van der Waals surface area contributed by atoms with Gasteiger partial charge in [-0.05, 0) is 29.7 Å². The molecule has 0 heterocycles. The summed E-state index contributed by atoms with van der Waals surface area (Å²) >= 11 is 0. The smallest absolute Gasteiger partial charge is 0.132 e. The maximum Gasteiger partial charge on any atom is 0.132 e. The molecule has 2 aromatic rings. The summed E-state index contributed by atoms with van der Waals surface area (Å²) in [6, 6.07) is 14.6. The lowest BCUT2D eigenvalue weighted by atomic mass is 9.94. The van der Waals surface area contributed by atoms with Gasteiger partial charge in [-0.15, -0.1) is 0 Å². The Morgan fingerprint density at radius 3 is 2.56 bits per heavy atom. The molecule has 0 radical (unpaired) electrons. The zero-order chi connectivity index (χ0) is 11.5. The van der Waals surface area contributed by atoms with Crippen LogP contribution in [0.5, 0.6) is 0 Å². The number of carbonyl (C=O) groups excluding carboxylic acids is 1. The third-order valence-electron chi connectivity index (χ3n) is 3.10. The molecule has 16 heavy (non-hydrogen) atoms. The number of hydrogen-bond donors (Lipinski definition) is 0. The third kappa shape index (κ3) is 2.13. The molecular formula is C15H16O. The number of Topliss-reactive ketones (excluding diaryl/α,β-unsaturated/α-hetero) is 1. The van der Waals surface area contributed by atoms with Crippen LogP contribution in [0, 0.1) is 5.92 Å². The average molecular weight is 212 g/mol. The molecule has 82 valence electrons. The van der Waals surface area contributed by atoms with Gasteiger partial charge in [0, 0.05) is 5.92 Å². The quantitative estimate of drug-likeness (QED) is 0.759. The van der Waals surface area contributed by atoms with E-state index >= 15 is 0 Å². The average Bonchev–Trinajstić information content (AvgIpc) is 2.29. The zero-order valence-corrected chi connectivity index (χ0v) is 9.73. The fraction of sp³-hybridized carbons (Fsp3) is 0.267. The van der Waals surface area contributed by atoms with Crippen LogP contribution in [0.25, 0.3) is 10.8 Å². The highest BCUT2D eigenvalue weighted by molar-refractivity contribution is 5.86. The van der Waals surface area contributed by atoms with E-state index in [9.17, 15) is 4.79 Å². The van der Waals surface area contributed by atoms with Gasteiger partial charge in [0.1, 0.15) is 5.78 Å². The number of fused-ring (bicyclic) bond motifs is 1. The second-order valence-corrected chi connectivity index (χ2v) is 4.35. The van der Waals surface area contributed by atoms with Crippen molar-refractivity contribution in [2.75, 3.05) is 0 Å². The van der Waals surface area contributed by atoms with Gasteiger partial charge in [0.05, 0.1) is 0 Å². The Bertz CT molecular complexity index is 508. The summed E-state index contributed by atoms with van der Waals surface area (Å²) in [7, 11) is 0. The van der Waals surface area contributed by atoms with Crippen LogP contribution in [0.15, 0.2) is 42.5 Å². The van der Waals surface area contributed by atoms with Crippen molar-refractivity contribution in [2.24, 2.45) is 5.92 Å². The predicted octanol–water partition coefficient (Wildman–Crippen LogP) is 3.61. The largest absolute Gasteiger partial charge is 0.300 e. The van der Waals surface area contributed by atoms with Crippen molar-refractivity contribution in [3.8, 4) is 0 Å². The van der Waals surface area contributed by atoms with Crippen molar-refractivity contribution in [1.82, 2.24) is 0 Å². The van der Waals surface area contributed by atoms with Gasteiger partial charge in [-0.2, -0.15) is 0 Å². The van der Waals surface area contributed by atoms with Gasteiger partial charge in [0.2, 0.25) is 0 Å². The molecule has 0 fully saturated rings. The number of carbonyl (C=O) groups is 1. The van der Waals surface area contributed by atoms with E-state index in [4.69, 9.17) is 0 Å². The third-order valence-corrected chi connectivity index (χ3v) is 3.10. The Labute approximate surface area is 96.1 Å². The lowest BCUT2D eigenvalue weighted by Gasteiger charge is -2.10. The Kier molecular flexibility index (Phi) is 3.04. The molecule has 0 aliphatic rings. The first-order valence-corrected chi connectivity index (χ1v) is 5.65. The molecule has 0 saturated carbocycles. The number of ketones is 1. The van der Waals surface area contributed by atoms with Crippen LogP contribution in [0.2, 0.25) is 0 Å². The van der Waals surface area contributed by atoms with Crippen LogP contribution in [-0.4, -0.2) is 5.78 Å². The molecule has 0 amide bonds. The summed E-state index contributed by atoms with van der Waals surface area (Å²) in [4.78, 5) is 11.3. The lowest BCUT2D eigenvalue weighted by molar-refractivity contribution is -0.120. The van der Waals surface area contributed by atoms with Crippen molar-refractivity contribution >= 4 is 16.6 Å². The first kappa shape index (κ1) is 10.9. The molecule has 1 nitrogen and oxygen atoms in total.